The van der Waals surface area contributed by atoms with Crippen molar-refractivity contribution in [3.05, 3.63) is 47.1 Å². The minimum absolute atomic E-state index is 0.000502. The molecule has 0 saturated carbocycles. The van der Waals surface area contributed by atoms with Gasteiger partial charge in [0, 0.05) is 38.8 Å². The number of benzene rings is 1. The molecule has 1 aliphatic rings. The lowest BCUT2D eigenvalue weighted by Gasteiger charge is -2.33. The molecule has 0 bridgehead atoms. The van der Waals surface area contributed by atoms with Gasteiger partial charge in [-0.05, 0) is 38.3 Å². The van der Waals surface area contributed by atoms with Crippen LogP contribution in [-0.4, -0.2) is 59.3 Å². The molecule has 1 aromatic heterocycles. The lowest BCUT2D eigenvalue weighted by atomic mass is 10.0. The van der Waals surface area contributed by atoms with Gasteiger partial charge in [0.2, 0.25) is 5.91 Å². The second-order valence-electron chi connectivity index (χ2n) is 8.05. The van der Waals surface area contributed by atoms with Crippen molar-refractivity contribution >= 4 is 35.1 Å². The van der Waals surface area contributed by atoms with E-state index < -0.39 is 0 Å². The molecule has 3 rings (SSSR count). The fourth-order valence-electron chi connectivity index (χ4n) is 3.76. The van der Waals surface area contributed by atoms with Gasteiger partial charge in [0.25, 0.3) is 0 Å². The normalized spacial score (nSPS) is 16.8. The highest BCUT2D eigenvalue weighted by Crippen LogP contribution is 2.22. The minimum Gasteiger partial charge on any atom is -0.355 e. The maximum atomic E-state index is 12.2. The van der Waals surface area contributed by atoms with Crippen molar-refractivity contribution in [3.63, 3.8) is 0 Å². The Morgan fingerprint density at radius 1 is 1.29 bits per heavy atom. The first-order valence-corrected chi connectivity index (χ1v) is 12.3. The number of halogens is 1. The van der Waals surface area contributed by atoms with Crippen molar-refractivity contribution in [3.8, 4) is 0 Å². The monoisotopic (exact) mass is 461 g/mol. The highest BCUT2D eigenvalue weighted by Gasteiger charge is 2.17. The number of carbonyl (C=O) groups excluding carboxylic acids is 1. The standard InChI is InChI=1S/C23H32ClN5OS/c1-18-9-6-7-13-29(18)14-8-12-25-22(30)17-31-23-26-20(24)15-21(27-23)28(2)16-19-10-4-3-5-11-19/h3-5,10-11,15,18H,6-9,12-14,16-17H2,1-2H3,(H,25,30). The summed E-state index contributed by atoms with van der Waals surface area (Å²) in [6.07, 6.45) is 4.88. The Hall–Kier alpha value is -1.83. The molecule has 0 spiro atoms. The number of nitrogens with zero attached hydrogens (tertiary/aromatic N) is 4. The van der Waals surface area contributed by atoms with Crippen LogP contribution in [0.4, 0.5) is 5.82 Å². The second-order valence-corrected chi connectivity index (χ2v) is 9.38. The summed E-state index contributed by atoms with van der Waals surface area (Å²) in [5.74, 6) is 1.02. The zero-order valence-corrected chi connectivity index (χ0v) is 20.0. The molecule has 1 unspecified atom stereocenters. The molecule has 168 valence electrons. The molecule has 2 aromatic rings. The number of likely N-dealkylation sites (tertiary alicyclic amines) is 1. The highest BCUT2D eigenvalue weighted by molar-refractivity contribution is 7.99. The third-order valence-electron chi connectivity index (χ3n) is 5.53. The van der Waals surface area contributed by atoms with Gasteiger partial charge in [0.1, 0.15) is 11.0 Å². The molecule has 1 saturated heterocycles. The average molecular weight is 462 g/mol. The fraction of sp³-hybridized carbons (Fsp3) is 0.522. The number of anilines is 1. The quantitative estimate of drug-likeness (QED) is 0.247. The van der Waals surface area contributed by atoms with Gasteiger partial charge in [-0.3, -0.25) is 4.79 Å². The molecule has 1 fully saturated rings. The summed E-state index contributed by atoms with van der Waals surface area (Å²) < 4.78 is 0. The summed E-state index contributed by atoms with van der Waals surface area (Å²) in [6.45, 7) is 5.94. The van der Waals surface area contributed by atoms with Gasteiger partial charge in [0.05, 0.1) is 5.75 Å². The van der Waals surface area contributed by atoms with Crippen LogP contribution in [0.5, 0.6) is 0 Å². The Kier molecular flexibility index (Phi) is 9.43. The zero-order chi connectivity index (χ0) is 22.1. The Bertz CT molecular complexity index is 838. The van der Waals surface area contributed by atoms with Gasteiger partial charge in [-0.15, -0.1) is 0 Å². The van der Waals surface area contributed by atoms with Gasteiger partial charge in [-0.1, -0.05) is 60.1 Å². The van der Waals surface area contributed by atoms with Crippen molar-refractivity contribution in [2.75, 3.05) is 37.3 Å². The first-order valence-electron chi connectivity index (χ1n) is 10.9. The molecule has 0 aliphatic carbocycles. The van der Waals surface area contributed by atoms with Crippen molar-refractivity contribution in [2.24, 2.45) is 0 Å². The van der Waals surface area contributed by atoms with Crippen LogP contribution in [0.25, 0.3) is 0 Å². The van der Waals surface area contributed by atoms with Crippen LogP contribution >= 0.6 is 23.4 Å². The smallest absolute Gasteiger partial charge is 0.230 e. The summed E-state index contributed by atoms with van der Waals surface area (Å²) in [5, 5.41) is 3.90. The summed E-state index contributed by atoms with van der Waals surface area (Å²) in [6, 6.07) is 12.6. The van der Waals surface area contributed by atoms with Crippen LogP contribution < -0.4 is 10.2 Å². The van der Waals surface area contributed by atoms with Crippen molar-refractivity contribution in [1.82, 2.24) is 20.2 Å². The number of amides is 1. The number of carbonyl (C=O) groups is 1. The number of hydrogen-bond donors (Lipinski definition) is 1. The van der Waals surface area contributed by atoms with Gasteiger partial charge >= 0.3 is 0 Å². The van der Waals surface area contributed by atoms with Crippen LogP contribution in [0, 0.1) is 0 Å². The molecule has 31 heavy (non-hydrogen) atoms. The van der Waals surface area contributed by atoms with Gasteiger partial charge in [-0.25, -0.2) is 9.97 Å². The van der Waals surface area contributed by atoms with Crippen molar-refractivity contribution in [2.45, 2.75) is 50.4 Å². The van der Waals surface area contributed by atoms with E-state index in [1.54, 1.807) is 6.07 Å². The van der Waals surface area contributed by atoms with Gasteiger partial charge in [-0.2, -0.15) is 0 Å². The molecule has 8 heteroatoms. The van der Waals surface area contributed by atoms with Crippen molar-refractivity contribution < 1.29 is 4.79 Å². The number of hydrogen-bond acceptors (Lipinski definition) is 6. The van der Waals surface area contributed by atoms with Gasteiger partial charge in [0.15, 0.2) is 5.16 Å². The molecule has 1 aliphatic heterocycles. The first-order chi connectivity index (χ1) is 15.0. The van der Waals surface area contributed by atoms with E-state index in [1.807, 2.05) is 30.1 Å². The molecule has 1 amide bonds. The maximum Gasteiger partial charge on any atom is 0.230 e. The molecule has 0 radical (unpaired) electrons. The predicted molar refractivity (Wildman–Crippen MR) is 129 cm³/mol. The number of piperidine rings is 1. The van der Waals surface area contributed by atoms with Crippen LogP contribution in [0.15, 0.2) is 41.6 Å². The minimum atomic E-state index is -0.000502. The average Bonchev–Trinajstić information content (AvgIpc) is 2.77. The van der Waals surface area contributed by atoms with E-state index in [4.69, 9.17) is 11.6 Å². The van der Waals surface area contributed by atoms with E-state index in [1.165, 1.54) is 43.1 Å². The summed E-state index contributed by atoms with van der Waals surface area (Å²) >= 11 is 7.52. The highest BCUT2D eigenvalue weighted by atomic mass is 35.5. The van der Waals surface area contributed by atoms with E-state index >= 15 is 0 Å². The molecular weight excluding hydrogens is 430 g/mol. The lowest BCUT2D eigenvalue weighted by Crippen LogP contribution is -2.39. The van der Waals surface area contributed by atoms with E-state index in [0.717, 1.165) is 18.8 Å². The van der Waals surface area contributed by atoms with E-state index in [0.29, 0.717) is 29.4 Å². The molecule has 6 nitrogen and oxygen atoms in total. The van der Waals surface area contributed by atoms with E-state index in [9.17, 15) is 4.79 Å². The largest absolute Gasteiger partial charge is 0.355 e. The van der Waals surface area contributed by atoms with E-state index in [-0.39, 0.29) is 11.7 Å². The molecule has 1 atom stereocenters. The Labute approximate surface area is 194 Å². The molecular formula is C23H32ClN5OS. The number of rotatable bonds is 10. The number of nitrogens with one attached hydrogen (secondary N) is 1. The summed E-state index contributed by atoms with van der Waals surface area (Å²) in [7, 11) is 1.97. The first kappa shape index (κ1) is 23.8. The van der Waals surface area contributed by atoms with Crippen LogP contribution in [0.2, 0.25) is 5.15 Å². The maximum absolute atomic E-state index is 12.2. The predicted octanol–water partition coefficient (Wildman–Crippen LogP) is 4.24. The Balaban J connectivity index is 1.42. The summed E-state index contributed by atoms with van der Waals surface area (Å²) in [5.41, 5.74) is 1.19. The topological polar surface area (TPSA) is 61.4 Å². The van der Waals surface area contributed by atoms with E-state index in [2.05, 4.69) is 39.2 Å². The van der Waals surface area contributed by atoms with Crippen molar-refractivity contribution in [1.29, 1.82) is 0 Å². The molecule has 1 aromatic carbocycles. The summed E-state index contributed by atoms with van der Waals surface area (Å²) in [4.78, 5) is 25.6. The Morgan fingerprint density at radius 3 is 2.87 bits per heavy atom. The second kappa shape index (κ2) is 12.3. The lowest BCUT2D eigenvalue weighted by molar-refractivity contribution is -0.118. The fourth-order valence-corrected chi connectivity index (χ4v) is 4.68. The van der Waals surface area contributed by atoms with Crippen LogP contribution in [-0.2, 0) is 11.3 Å². The molecule has 1 N–H and O–H groups in total. The number of thioether (sulfide) groups is 1. The van der Waals surface area contributed by atoms with Gasteiger partial charge < -0.3 is 15.1 Å². The third-order valence-corrected chi connectivity index (χ3v) is 6.57. The zero-order valence-electron chi connectivity index (χ0n) is 18.4. The molecule has 2 heterocycles. The third kappa shape index (κ3) is 7.98. The van der Waals surface area contributed by atoms with Crippen LogP contribution in [0.1, 0.15) is 38.2 Å². The SMILES string of the molecule is CC1CCCCN1CCCNC(=O)CSc1nc(Cl)cc(N(C)Cc2ccccc2)n1. The van der Waals surface area contributed by atoms with Crippen LogP contribution in [0.3, 0.4) is 0 Å². The number of aromatic nitrogens is 2. The Morgan fingerprint density at radius 2 is 2.10 bits per heavy atom.